The van der Waals surface area contributed by atoms with Crippen LogP contribution in [-0.4, -0.2) is 59.4 Å². The Bertz CT molecular complexity index is 765. The summed E-state index contributed by atoms with van der Waals surface area (Å²) in [5.74, 6) is -1.52. The number of benzene rings is 1. The number of nitrogens with one attached hydrogen (secondary N) is 2. The summed E-state index contributed by atoms with van der Waals surface area (Å²) in [6, 6.07) is 7.10. The number of likely N-dealkylation sites (tertiary alicyclic amines) is 1. The Morgan fingerprint density at radius 1 is 1.10 bits per heavy atom. The molecular weight excluding hydrogens is 386 g/mol. The van der Waals surface area contributed by atoms with Gasteiger partial charge in [-0.05, 0) is 39.2 Å². The molecule has 1 saturated heterocycles. The van der Waals surface area contributed by atoms with Crippen molar-refractivity contribution < 1.29 is 23.9 Å². The minimum absolute atomic E-state index is 0.293. The molecule has 0 radical (unpaired) electrons. The van der Waals surface area contributed by atoms with E-state index in [1.807, 2.05) is 30.3 Å². The molecule has 0 unspecified atom stereocenters. The molecule has 0 aromatic heterocycles. The van der Waals surface area contributed by atoms with Crippen LogP contribution in [-0.2, 0) is 30.3 Å². The van der Waals surface area contributed by atoms with Gasteiger partial charge in [-0.3, -0.25) is 14.4 Å². The summed E-state index contributed by atoms with van der Waals surface area (Å²) in [5.41, 5.74) is 0.891. The van der Waals surface area contributed by atoms with Crippen molar-refractivity contribution in [2.75, 3.05) is 6.54 Å². The Hall–Kier alpha value is -2.90. The Morgan fingerprint density at radius 3 is 2.37 bits per heavy atom. The molecule has 8 heteroatoms. The lowest BCUT2D eigenvalue weighted by atomic mass is 10.0. The second-order valence-electron chi connectivity index (χ2n) is 7.85. The van der Waals surface area contributed by atoms with E-state index in [9.17, 15) is 19.2 Å². The van der Waals surface area contributed by atoms with Crippen LogP contribution in [0.5, 0.6) is 0 Å². The molecule has 0 bridgehead atoms. The van der Waals surface area contributed by atoms with Crippen molar-refractivity contribution in [3.05, 3.63) is 35.9 Å². The molecule has 8 nitrogen and oxygen atoms in total. The van der Waals surface area contributed by atoms with Crippen molar-refractivity contribution in [1.29, 1.82) is 0 Å². The third kappa shape index (κ3) is 6.57. The highest BCUT2D eigenvalue weighted by Gasteiger charge is 2.37. The van der Waals surface area contributed by atoms with Gasteiger partial charge < -0.3 is 20.3 Å². The zero-order valence-corrected chi connectivity index (χ0v) is 18.0. The van der Waals surface area contributed by atoms with Gasteiger partial charge in [0.2, 0.25) is 17.7 Å². The number of hydrogen-bond acceptors (Lipinski definition) is 5. The maximum atomic E-state index is 13.0. The summed E-state index contributed by atoms with van der Waals surface area (Å²) in [5, 5.41) is 5.34. The standard InChI is InChI=1S/C22H31N3O5/c1-14(2)30-22(29)18(13-17-9-6-5-7-10-17)24-20(27)19-11-8-12-25(19)21(28)15(3)23-16(4)26/h5-7,9-10,14-15,18-19H,8,11-13H2,1-4H3,(H,23,26)(H,24,27)/t15-,18-,19-/m0/s1. The molecule has 0 aliphatic carbocycles. The summed E-state index contributed by atoms with van der Waals surface area (Å²) in [4.78, 5) is 51.0. The molecule has 1 heterocycles. The van der Waals surface area contributed by atoms with Crippen LogP contribution < -0.4 is 10.6 Å². The highest BCUT2D eigenvalue weighted by atomic mass is 16.5. The number of carbonyl (C=O) groups is 4. The molecule has 30 heavy (non-hydrogen) atoms. The molecule has 0 saturated carbocycles. The van der Waals surface area contributed by atoms with Crippen LogP contribution in [0.3, 0.4) is 0 Å². The van der Waals surface area contributed by atoms with Gasteiger partial charge in [0, 0.05) is 19.9 Å². The van der Waals surface area contributed by atoms with E-state index in [4.69, 9.17) is 4.74 Å². The van der Waals surface area contributed by atoms with Gasteiger partial charge in [0.15, 0.2) is 0 Å². The van der Waals surface area contributed by atoms with Crippen LogP contribution in [0.1, 0.15) is 46.1 Å². The fourth-order valence-electron chi connectivity index (χ4n) is 3.54. The van der Waals surface area contributed by atoms with E-state index in [1.54, 1.807) is 20.8 Å². The zero-order valence-electron chi connectivity index (χ0n) is 18.0. The molecule has 1 aromatic carbocycles. The Labute approximate surface area is 177 Å². The van der Waals surface area contributed by atoms with E-state index in [1.165, 1.54) is 11.8 Å². The Kier molecular flexibility index (Phi) is 8.38. The van der Waals surface area contributed by atoms with Gasteiger partial charge in [0.1, 0.15) is 18.1 Å². The summed E-state index contributed by atoms with van der Waals surface area (Å²) < 4.78 is 5.32. The van der Waals surface area contributed by atoms with E-state index >= 15 is 0 Å². The van der Waals surface area contributed by atoms with Crippen LogP contribution in [0.4, 0.5) is 0 Å². The second-order valence-corrected chi connectivity index (χ2v) is 7.85. The van der Waals surface area contributed by atoms with Gasteiger partial charge in [-0.1, -0.05) is 30.3 Å². The average molecular weight is 418 g/mol. The lowest BCUT2D eigenvalue weighted by Gasteiger charge is -2.28. The largest absolute Gasteiger partial charge is 0.461 e. The van der Waals surface area contributed by atoms with Crippen molar-refractivity contribution in [1.82, 2.24) is 15.5 Å². The van der Waals surface area contributed by atoms with Crippen molar-refractivity contribution in [2.24, 2.45) is 0 Å². The first-order chi connectivity index (χ1) is 14.2. The average Bonchev–Trinajstić information content (AvgIpc) is 3.16. The number of ether oxygens (including phenoxy) is 1. The summed E-state index contributed by atoms with van der Waals surface area (Å²) >= 11 is 0. The van der Waals surface area contributed by atoms with Crippen molar-refractivity contribution in [3.8, 4) is 0 Å². The number of hydrogen-bond donors (Lipinski definition) is 2. The maximum Gasteiger partial charge on any atom is 0.329 e. The van der Waals surface area contributed by atoms with Crippen LogP contribution in [0.2, 0.25) is 0 Å². The topological polar surface area (TPSA) is 105 Å². The molecule has 0 spiro atoms. The minimum Gasteiger partial charge on any atom is -0.461 e. The number of nitrogens with zero attached hydrogens (tertiary/aromatic N) is 1. The molecule has 164 valence electrons. The van der Waals surface area contributed by atoms with Crippen LogP contribution in [0, 0.1) is 0 Å². The number of rotatable bonds is 8. The second kappa shape index (κ2) is 10.8. The van der Waals surface area contributed by atoms with Crippen LogP contribution in [0.25, 0.3) is 0 Å². The molecule has 1 aliphatic heterocycles. The van der Waals surface area contributed by atoms with E-state index < -0.39 is 30.0 Å². The first kappa shape index (κ1) is 23.4. The monoisotopic (exact) mass is 417 g/mol. The maximum absolute atomic E-state index is 13.0. The predicted octanol–water partition coefficient (Wildman–Crippen LogP) is 1.18. The Morgan fingerprint density at radius 2 is 1.77 bits per heavy atom. The number of carbonyl (C=O) groups excluding carboxylic acids is 4. The molecule has 1 aromatic rings. The summed E-state index contributed by atoms with van der Waals surface area (Å²) in [7, 11) is 0. The minimum atomic E-state index is -0.854. The number of amides is 3. The fraction of sp³-hybridized carbons (Fsp3) is 0.545. The highest BCUT2D eigenvalue weighted by Crippen LogP contribution is 2.19. The van der Waals surface area contributed by atoms with Gasteiger partial charge >= 0.3 is 5.97 Å². The van der Waals surface area contributed by atoms with Crippen molar-refractivity contribution in [3.63, 3.8) is 0 Å². The van der Waals surface area contributed by atoms with Crippen LogP contribution >= 0.6 is 0 Å². The third-order valence-electron chi connectivity index (χ3n) is 4.86. The van der Waals surface area contributed by atoms with Gasteiger partial charge in [-0.15, -0.1) is 0 Å². The van der Waals surface area contributed by atoms with Crippen molar-refractivity contribution >= 4 is 23.7 Å². The summed E-state index contributed by atoms with van der Waals surface area (Å²) in [6.07, 6.45) is 1.16. The quantitative estimate of drug-likeness (QED) is 0.618. The van der Waals surface area contributed by atoms with E-state index in [-0.39, 0.29) is 17.9 Å². The molecular formula is C22H31N3O5. The molecule has 1 fully saturated rings. The fourth-order valence-corrected chi connectivity index (χ4v) is 3.54. The van der Waals surface area contributed by atoms with E-state index in [0.717, 1.165) is 5.56 Å². The Balaban J connectivity index is 2.11. The zero-order chi connectivity index (χ0) is 22.3. The normalized spacial score (nSPS) is 17.9. The lowest BCUT2D eigenvalue weighted by Crippen LogP contribution is -2.55. The van der Waals surface area contributed by atoms with E-state index in [0.29, 0.717) is 25.8 Å². The highest BCUT2D eigenvalue weighted by molar-refractivity contribution is 5.93. The first-order valence-electron chi connectivity index (χ1n) is 10.3. The molecule has 3 amide bonds. The van der Waals surface area contributed by atoms with Crippen LogP contribution in [0.15, 0.2) is 30.3 Å². The van der Waals surface area contributed by atoms with Gasteiger partial charge in [-0.2, -0.15) is 0 Å². The smallest absolute Gasteiger partial charge is 0.329 e. The van der Waals surface area contributed by atoms with Gasteiger partial charge in [0.25, 0.3) is 0 Å². The lowest BCUT2D eigenvalue weighted by molar-refractivity contribution is -0.152. The molecule has 2 N–H and O–H groups in total. The van der Waals surface area contributed by atoms with Gasteiger partial charge in [0.05, 0.1) is 6.10 Å². The third-order valence-corrected chi connectivity index (χ3v) is 4.86. The first-order valence-corrected chi connectivity index (χ1v) is 10.3. The molecule has 1 aliphatic rings. The SMILES string of the molecule is CC(=O)N[C@@H](C)C(=O)N1CCC[C@H]1C(=O)N[C@@H](Cc1ccccc1)C(=O)OC(C)C. The summed E-state index contributed by atoms with van der Waals surface area (Å²) in [6.45, 7) is 6.86. The molecule has 3 atom stereocenters. The van der Waals surface area contributed by atoms with Gasteiger partial charge in [-0.25, -0.2) is 4.79 Å². The van der Waals surface area contributed by atoms with Crippen molar-refractivity contribution in [2.45, 2.75) is 71.2 Å². The number of esters is 1. The van der Waals surface area contributed by atoms with E-state index in [2.05, 4.69) is 10.6 Å². The molecule has 2 rings (SSSR count). The predicted molar refractivity (Wildman–Crippen MR) is 111 cm³/mol.